The topological polar surface area (TPSA) is 33.1 Å². The number of aromatic nitrogens is 1. The van der Waals surface area contributed by atoms with Crippen molar-refractivity contribution in [3.8, 4) is 0 Å². The van der Waals surface area contributed by atoms with Gasteiger partial charge in [0.2, 0.25) is 0 Å². The van der Waals surface area contributed by atoms with Gasteiger partial charge in [-0.15, -0.1) is 0 Å². The fraction of sp³-hybridized carbons (Fsp3) is 0.375. The molecule has 0 aromatic carbocycles. The Morgan fingerprint density at radius 1 is 1.64 bits per heavy atom. The number of aliphatic hydroxyl groups excluding tert-OH is 1. The van der Waals surface area contributed by atoms with Crippen molar-refractivity contribution in [2.24, 2.45) is 0 Å². The van der Waals surface area contributed by atoms with Crippen LogP contribution in [0.25, 0.3) is 0 Å². The molecule has 1 aromatic rings. The van der Waals surface area contributed by atoms with Gasteiger partial charge >= 0.3 is 0 Å². The second kappa shape index (κ2) is 3.32. The Morgan fingerprint density at radius 3 is 2.73 bits per heavy atom. The van der Waals surface area contributed by atoms with Crippen LogP contribution in [0.1, 0.15) is 24.2 Å². The highest BCUT2D eigenvalue weighted by Crippen LogP contribution is 2.17. The lowest BCUT2D eigenvalue weighted by molar-refractivity contribution is 0.199. The van der Waals surface area contributed by atoms with Gasteiger partial charge in [-0.3, -0.25) is 0 Å². The van der Waals surface area contributed by atoms with Crippen molar-refractivity contribution in [3.63, 3.8) is 0 Å². The second-order valence-corrected chi connectivity index (χ2v) is 3.30. The Hall–Kier alpha value is -0.410. The molecule has 1 heterocycles. The number of rotatable bonds is 1. The molecule has 11 heavy (non-hydrogen) atoms. The molecular formula is C8H10BrNO. The molecule has 3 heteroatoms. The van der Waals surface area contributed by atoms with Crippen LogP contribution in [-0.2, 0) is 0 Å². The minimum absolute atomic E-state index is 0.436. The Balaban J connectivity index is 3.05. The zero-order valence-corrected chi connectivity index (χ0v) is 8.09. The van der Waals surface area contributed by atoms with Crippen molar-refractivity contribution in [1.29, 1.82) is 0 Å². The van der Waals surface area contributed by atoms with E-state index in [0.29, 0.717) is 0 Å². The van der Waals surface area contributed by atoms with Crippen molar-refractivity contribution in [2.45, 2.75) is 20.0 Å². The molecule has 0 aliphatic carbocycles. The van der Waals surface area contributed by atoms with Gasteiger partial charge in [-0.2, -0.15) is 0 Å². The summed E-state index contributed by atoms with van der Waals surface area (Å²) in [6.45, 7) is 3.67. The van der Waals surface area contributed by atoms with Gasteiger partial charge in [-0.1, -0.05) is 0 Å². The van der Waals surface area contributed by atoms with Crippen LogP contribution in [0.2, 0.25) is 0 Å². The number of aliphatic hydroxyl groups is 1. The Labute approximate surface area is 74.4 Å². The summed E-state index contributed by atoms with van der Waals surface area (Å²) in [4.78, 5) is 4.06. The summed E-state index contributed by atoms with van der Waals surface area (Å²) in [6, 6.07) is 1.92. The van der Waals surface area contributed by atoms with E-state index in [1.54, 1.807) is 13.1 Å². The number of hydrogen-bond donors (Lipinski definition) is 1. The number of aryl methyl sites for hydroxylation is 1. The zero-order valence-electron chi connectivity index (χ0n) is 6.50. The predicted octanol–water partition coefficient (Wildman–Crippen LogP) is 2.21. The molecule has 1 rings (SSSR count). The van der Waals surface area contributed by atoms with Crippen LogP contribution in [0.4, 0.5) is 0 Å². The first-order valence-electron chi connectivity index (χ1n) is 3.41. The van der Waals surface area contributed by atoms with Crippen LogP contribution in [0, 0.1) is 6.92 Å². The van der Waals surface area contributed by atoms with Crippen LogP contribution in [0.3, 0.4) is 0 Å². The molecule has 0 unspecified atom stereocenters. The van der Waals surface area contributed by atoms with Crippen LogP contribution >= 0.6 is 15.9 Å². The number of pyridine rings is 1. The standard InChI is InChI=1S/C8H10BrNO/c1-5-3-7(6(2)11)4-10-8(5)9/h3-4,6,11H,1-2H3/t6-/m1/s1. The number of hydrogen-bond acceptors (Lipinski definition) is 2. The second-order valence-electron chi connectivity index (χ2n) is 2.55. The molecule has 0 spiro atoms. The number of nitrogens with zero attached hydrogens (tertiary/aromatic N) is 1. The molecule has 0 fully saturated rings. The summed E-state index contributed by atoms with van der Waals surface area (Å²) in [5.41, 5.74) is 1.90. The largest absolute Gasteiger partial charge is 0.389 e. The van der Waals surface area contributed by atoms with Gasteiger partial charge in [0.25, 0.3) is 0 Å². The van der Waals surface area contributed by atoms with Crippen molar-refractivity contribution >= 4 is 15.9 Å². The summed E-state index contributed by atoms with van der Waals surface area (Å²) in [7, 11) is 0. The fourth-order valence-corrected chi connectivity index (χ4v) is 1.03. The third-order valence-electron chi connectivity index (χ3n) is 1.52. The lowest BCUT2D eigenvalue weighted by atomic mass is 10.1. The smallest absolute Gasteiger partial charge is 0.108 e. The van der Waals surface area contributed by atoms with E-state index in [1.165, 1.54) is 0 Å². The van der Waals surface area contributed by atoms with Gasteiger partial charge in [0.05, 0.1) is 6.10 Å². The van der Waals surface area contributed by atoms with E-state index in [-0.39, 0.29) is 0 Å². The van der Waals surface area contributed by atoms with Gasteiger partial charge in [0.1, 0.15) is 4.60 Å². The molecule has 1 N–H and O–H groups in total. The first kappa shape index (κ1) is 8.68. The quantitative estimate of drug-likeness (QED) is 0.730. The summed E-state index contributed by atoms with van der Waals surface area (Å²) in [6.07, 6.45) is 1.23. The van der Waals surface area contributed by atoms with E-state index in [4.69, 9.17) is 0 Å². The van der Waals surface area contributed by atoms with Gasteiger partial charge in [0.15, 0.2) is 0 Å². The average molecular weight is 216 g/mol. The fourth-order valence-electron chi connectivity index (χ4n) is 0.808. The van der Waals surface area contributed by atoms with Crippen LogP contribution in [0.15, 0.2) is 16.9 Å². The molecule has 0 radical (unpaired) electrons. The van der Waals surface area contributed by atoms with Gasteiger partial charge < -0.3 is 5.11 Å². The number of halogens is 1. The van der Waals surface area contributed by atoms with E-state index in [9.17, 15) is 5.11 Å². The van der Waals surface area contributed by atoms with Crippen LogP contribution in [0.5, 0.6) is 0 Å². The lowest BCUT2D eigenvalue weighted by Crippen LogP contribution is -1.93. The predicted molar refractivity (Wildman–Crippen MR) is 47.3 cm³/mol. The molecule has 0 aliphatic heterocycles. The highest BCUT2D eigenvalue weighted by atomic mass is 79.9. The maximum absolute atomic E-state index is 9.18. The summed E-state index contributed by atoms with van der Waals surface area (Å²) in [5, 5.41) is 9.18. The Kier molecular flexibility index (Phi) is 2.62. The average Bonchev–Trinajstić information content (AvgIpc) is 1.94. The first-order valence-corrected chi connectivity index (χ1v) is 4.20. The Morgan fingerprint density at radius 2 is 2.27 bits per heavy atom. The zero-order chi connectivity index (χ0) is 8.43. The normalized spacial score (nSPS) is 13.1. The van der Waals surface area contributed by atoms with Gasteiger partial charge in [-0.25, -0.2) is 4.98 Å². The lowest BCUT2D eigenvalue weighted by Gasteiger charge is -2.05. The highest BCUT2D eigenvalue weighted by Gasteiger charge is 2.02. The van der Waals surface area contributed by atoms with Crippen molar-refractivity contribution < 1.29 is 5.11 Å². The molecular weight excluding hydrogens is 206 g/mol. The monoisotopic (exact) mass is 215 g/mol. The maximum Gasteiger partial charge on any atom is 0.108 e. The Bertz CT molecular complexity index is 260. The van der Waals surface area contributed by atoms with E-state index >= 15 is 0 Å². The summed E-state index contributed by atoms with van der Waals surface area (Å²) >= 11 is 3.29. The van der Waals surface area contributed by atoms with Crippen LogP contribution in [-0.4, -0.2) is 10.1 Å². The molecule has 60 valence electrons. The molecule has 2 nitrogen and oxygen atoms in total. The van der Waals surface area contributed by atoms with E-state index in [2.05, 4.69) is 20.9 Å². The van der Waals surface area contributed by atoms with Gasteiger partial charge in [-0.05, 0) is 47.0 Å². The van der Waals surface area contributed by atoms with Gasteiger partial charge in [0, 0.05) is 6.20 Å². The molecule has 0 bridgehead atoms. The van der Waals surface area contributed by atoms with Crippen LogP contribution < -0.4 is 0 Å². The minimum Gasteiger partial charge on any atom is -0.389 e. The third-order valence-corrected chi connectivity index (χ3v) is 2.35. The molecule has 1 atom stereocenters. The van der Waals surface area contributed by atoms with Crippen molar-refractivity contribution in [1.82, 2.24) is 4.98 Å². The van der Waals surface area contributed by atoms with E-state index in [0.717, 1.165) is 15.7 Å². The first-order chi connectivity index (χ1) is 5.11. The molecule has 0 saturated carbocycles. The third kappa shape index (κ3) is 2.01. The SMILES string of the molecule is Cc1cc([C@@H](C)O)cnc1Br. The molecule has 1 aromatic heterocycles. The van der Waals surface area contributed by atoms with E-state index < -0.39 is 6.10 Å². The van der Waals surface area contributed by atoms with Crippen molar-refractivity contribution in [3.05, 3.63) is 28.0 Å². The molecule has 0 amide bonds. The molecule has 0 aliphatic rings. The summed E-state index contributed by atoms with van der Waals surface area (Å²) in [5.74, 6) is 0. The molecule has 0 saturated heterocycles. The van der Waals surface area contributed by atoms with Crippen molar-refractivity contribution in [2.75, 3.05) is 0 Å². The van der Waals surface area contributed by atoms with E-state index in [1.807, 2.05) is 13.0 Å². The maximum atomic E-state index is 9.18. The summed E-state index contributed by atoms with van der Waals surface area (Å²) < 4.78 is 0.835. The highest BCUT2D eigenvalue weighted by molar-refractivity contribution is 9.10. The minimum atomic E-state index is -0.436.